The number of unbranched alkanes of at least 4 members (excludes halogenated alkanes) is 11. The van der Waals surface area contributed by atoms with Crippen LogP contribution in [0.5, 0.6) is 0 Å². The first-order chi connectivity index (χ1) is 10.2. The Balaban J connectivity index is 0. The third kappa shape index (κ3) is 12.8. The molecule has 0 unspecified atom stereocenters. The van der Waals surface area contributed by atoms with Crippen LogP contribution in [-0.4, -0.2) is 32.8 Å². The molecule has 22 heavy (non-hydrogen) atoms. The van der Waals surface area contributed by atoms with Crippen molar-refractivity contribution in [3.63, 3.8) is 0 Å². The lowest BCUT2D eigenvalue weighted by atomic mass is 10.1. The summed E-state index contributed by atoms with van der Waals surface area (Å²) >= 11 is 0. The molecule has 0 heterocycles. The van der Waals surface area contributed by atoms with E-state index in [1.54, 1.807) is 21.3 Å². The van der Waals surface area contributed by atoms with E-state index in [2.05, 4.69) is 6.92 Å². The number of nitrogens with zero attached hydrogens (tertiary/aromatic N) is 1. The predicted molar refractivity (Wildman–Crippen MR) is 87.2 cm³/mol. The van der Waals surface area contributed by atoms with E-state index in [1.165, 1.54) is 70.6 Å². The summed E-state index contributed by atoms with van der Waals surface area (Å²) in [7, 11) is 4.81. The molecule has 0 aliphatic heterocycles. The molecule has 0 radical (unpaired) electrons. The minimum atomic E-state index is -0.169. The third-order valence-electron chi connectivity index (χ3n) is 4.12. The molecule has 0 fully saturated rings. The van der Waals surface area contributed by atoms with Crippen LogP contribution in [0.25, 0.3) is 0 Å². The molecule has 0 amide bonds. The Morgan fingerprint density at radius 3 is 1.18 bits per heavy atom. The van der Waals surface area contributed by atoms with Crippen molar-refractivity contribution in [1.29, 1.82) is 0 Å². The molecule has 0 saturated carbocycles. The van der Waals surface area contributed by atoms with Gasteiger partial charge >= 0.3 is 0 Å². The second kappa shape index (κ2) is 17.7. The highest BCUT2D eigenvalue weighted by Crippen LogP contribution is 2.14. The zero-order valence-corrected chi connectivity index (χ0v) is 16.8. The van der Waals surface area contributed by atoms with Crippen LogP contribution in [0.15, 0.2) is 0 Å². The smallest absolute Gasteiger partial charge is 0.178 e. The normalized spacial score (nSPS) is 11.5. The van der Waals surface area contributed by atoms with Crippen molar-refractivity contribution in [3.8, 4) is 0 Å². The quantitative estimate of drug-likeness (QED) is 0.232. The van der Waals surface area contributed by atoms with Gasteiger partial charge in [-0.15, -0.1) is 14.5 Å². The first-order valence-electron chi connectivity index (χ1n) is 8.80. The second-order valence-corrected chi connectivity index (χ2v) is 5.77. The number of hydroxylamine groups is 3. The van der Waals surface area contributed by atoms with Crippen molar-refractivity contribution in [1.82, 2.24) is 0 Å². The van der Waals surface area contributed by atoms with Crippen LogP contribution in [0, 0.1) is 0 Å². The van der Waals surface area contributed by atoms with E-state index >= 15 is 0 Å². The SMILES string of the molecule is CCCCCCCCCCCCCC[N+](OC)(OC)OC.[Br-]. The van der Waals surface area contributed by atoms with E-state index in [-0.39, 0.29) is 22.0 Å². The van der Waals surface area contributed by atoms with Gasteiger partial charge in [-0.3, -0.25) is 0 Å². The molecule has 0 aromatic carbocycles. The van der Waals surface area contributed by atoms with Gasteiger partial charge in [-0.25, -0.2) is 0 Å². The Morgan fingerprint density at radius 2 is 0.864 bits per heavy atom. The minimum Gasteiger partial charge on any atom is -1.00 e. The molecule has 0 saturated heterocycles. The van der Waals surface area contributed by atoms with Crippen molar-refractivity contribution in [3.05, 3.63) is 0 Å². The molecular formula is C17H38BrNO3. The summed E-state index contributed by atoms with van der Waals surface area (Å²) in [4.78, 5) is 15.5. The molecular weight excluding hydrogens is 346 g/mol. The largest absolute Gasteiger partial charge is 1.00 e. The summed E-state index contributed by atoms with van der Waals surface area (Å²) in [5.74, 6) is 0. The fourth-order valence-corrected chi connectivity index (χ4v) is 2.64. The minimum absolute atomic E-state index is 0. The molecule has 0 spiro atoms. The van der Waals surface area contributed by atoms with Gasteiger partial charge in [0.2, 0.25) is 0 Å². The lowest BCUT2D eigenvalue weighted by Gasteiger charge is -2.24. The van der Waals surface area contributed by atoms with Gasteiger partial charge in [0.25, 0.3) is 0 Å². The molecule has 0 bridgehead atoms. The first-order valence-corrected chi connectivity index (χ1v) is 8.80. The molecule has 0 atom stereocenters. The highest BCUT2D eigenvalue weighted by molar-refractivity contribution is 4.48. The Kier molecular flexibility index (Phi) is 19.7. The van der Waals surface area contributed by atoms with Gasteiger partial charge in [0.05, 0.1) is 4.97 Å². The van der Waals surface area contributed by atoms with Gasteiger partial charge in [-0.2, -0.15) is 0 Å². The number of rotatable bonds is 16. The van der Waals surface area contributed by atoms with Crippen LogP contribution in [0.2, 0.25) is 0 Å². The summed E-state index contributed by atoms with van der Waals surface area (Å²) < 4.78 is 0. The van der Waals surface area contributed by atoms with Crippen LogP contribution in [0.1, 0.15) is 84.0 Å². The zero-order chi connectivity index (χ0) is 15.8. The Labute approximate surface area is 148 Å². The molecule has 136 valence electrons. The van der Waals surface area contributed by atoms with Gasteiger partial charge < -0.3 is 17.0 Å². The van der Waals surface area contributed by atoms with E-state index in [0.717, 1.165) is 13.0 Å². The summed E-state index contributed by atoms with van der Waals surface area (Å²) in [6, 6.07) is 0. The van der Waals surface area contributed by atoms with Crippen LogP contribution >= 0.6 is 0 Å². The fourth-order valence-electron chi connectivity index (χ4n) is 2.64. The summed E-state index contributed by atoms with van der Waals surface area (Å²) in [6.45, 7) is 3.01. The lowest BCUT2D eigenvalue weighted by Crippen LogP contribution is -3.00. The molecule has 0 aliphatic carbocycles. The predicted octanol–water partition coefficient (Wildman–Crippen LogP) is 2.19. The van der Waals surface area contributed by atoms with E-state index < -0.39 is 0 Å². The standard InChI is InChI=1S/C17H38NO3.BrH/c1-5-6-7-8-9-10-11-12-13-14-15-16-17-18(19-2,20-3)21-4;/h5-17H2,1-4H3;1H/q+1;/p-1. The topological polar surface area (TPSA) is 27.7 Å². The van der Waals surface area contributed by atoms with E-state index in [9.17, 15) is 0 Å². The molecule has 0 rings (SSSR count). The van der Waals surface area contributed by atoms with E-state index in [1.807, 2.05) is 0 Å². The zero-order valence-electron chi connectivity index (χ0n) is 15.2. The molecule has 0 aliphatic rings. The van der Waals surface area contributed by atoms with Crippen LogP contribution < -0.4 is 17.0 Å². The first kappa shape index (κ1) is 24.6. The van der Waals surface area contributed by atoms with Crippen molar-refractivity contribution in [2.24, 2.45) is 0 Å². The van der Waals surface area contributed by atoms with Gasteiger partial charge in [0.1, 0.15) is 21.3 Å². The maximum Gasteiger partial charge on any atom is 0.178 e. The van der Waals surface area contributed by atoms with Crippen LogP contribution in [0.3, 0.4) is 0 Å². The monoisotopic (exact) mass is 383 g/mol. The Morgan fingerprint density at radius 1 is 0.545 bits per heavy atom. The molecule has 5 heteroatoms. The van der Waals surface area contributed by atoms with Gasteiger partial charge in [0.15, 0.2) is 6.54 Å². The highest BCUT2D eigenvalue weighted by atomic mass is 79.9. The lowest BCUT2D eigenvalue weighted by molar-refractivity contribution is -1.36. The maximum absolute atomic E-state index is 5.23. The maximum atomic E-state index is 5.23. The number of quaternary nitrogens is 1. The number of halogens is 1. The van der Waals surface area contributed by atoms with Crippen molar-refractivity contribution in [2.75, 3.05) is 27.9 Å². The van der Waals surface area contributed by atoms with E-state index in [4.69, 9.17) is 14.5 Å². The van der Waals surface area contributed by atoms with Gasteiger partial charge in [-0.05, 0) is 6.42 Å². The average molecular weight is 384 g/mol. The molecule has 4 nitrogen and oxygen atoms in total. The molecule has 0 aromatic rings. The van der Waals surface area contributed by atoms with Crippen molar-refractivity contribution >= 4 is 0 Å². The molecule has 0 aromatic heterocycles. The third-order valence-corrected chi connectivity index (χ3v) is 4.12. The average Bonchev–Trinajstić information content (AvgIpc) is 2.53. The Hall–Kier alpha value is 0.320. The van der Waals surface area contributed by atoms with Crippen LogP contribution in [-0.2, 0) is 14.5 Å². The number of hydrogen-bond acceptors (Lipinski definition) is 3. The summed E-state index contributed by atoms with van der Waals surface area (Å²) in [6.07, 6.45) is 16.2. The Bertz CT molecular complexity index is 206. The van der Waals surface area contributed by atoms with Gasteiger partial charge in [-0.1, -0.05) is 71.1 Å². The highest BCUT2D eigenvalue weighted by Gasteiger charge is 2.29. The van der Waals surface area contributed by atoms with Crippen LogP contribution in [0.4, 0.5) is 0 Å². The van der Waals surface area contributed by atoms with Gasteiger partial charge in [0, 0.05) is 6.42 Å². The summed E-state index contributed by atoms with van der Waals surface area (Å²) in [5.41, 5.74) is 0. The number of hydrogen-bond donors (Lipinski definition) is 0. The molecule has 0 N–H and O–H groups in total. The fraction of sp³-hybridized carbons (Fsp3) is 1.00. The van der Waals surface area contributed by atoms with Crippen molar-refractivity contribution in [2.45, 2.75) is 84.0 Å². The van der Waals surface area contributed by atoms with Crippen molar-refractivity contribution < 1.29 is 36.5 Å². The summed E-state index contributed by atoms with van der Waals surface area (Å²) in [5, 5.41) is 0. The second-order valence-electron chi connectivity index (χ2n) is 5.77. The van der Waals surface area contributed by atoms with E-state index in [0.29, 0.717) is 0 Å².